The van der Waals surface area contributed by atoms with Gasteiger partial charge in [0, 0.05) is 6.20 Å². The van der Waals surface area contributed by atoms with E-state index in [0.717, 1.165) is 0 Å². The van der Waals surface area contributed by atoms with Crippen molar-refractivity contribution in [2.75, 3.05) is 7.11 Å². The fourth-order valence-electron chi connectivity index (χ4n) is 1.29. The zero-order valence-electron chi connectivity index (χ0n) is 8.04. The summed E-state index contributed by atoms with van der Waals surface area (Å²) in [5, 5.41) is 12.8. The summed E-state index contributed by atoms with van der Waals surface area (Å²) in [6.07, 6.45) is 1.65. The molecule has 15 heavy (non-hydrogen) atoms. The molecule has 2 heterocycles. The molecule has 0 radical (unpaired) electrons. The van der Waals surface area contributed by atoms with E-state index in [1.54, 1.807) is 18.3 Å². The number of fused-ring (bicyclic) bond motifs is 1. The second-order valence-corrected chi connectivity index (χ2v) is 2.87. The third-order valence-corrected chi connectivity index (χ3v) is 1.95. The molecule has 0 atom stereocenters. The molecule has 0 spiro atoms. The summed E-state index contributed by atoms with van der Waals surface area (Å²) < 4.78 is 6.03. The molecule has 0 aliphatic carbocycles. The first kappa shape index (κ1) is 9.60. The van der Waals surface area contributed by atoms with Gasteiger partial charge in [0.15, 0.2) is 11.5 Å². The second-order valence-electron chi connectivity index (χ2n) is 2.87. The van der Waals surface area contributed by atoms with Crippen LogP contribution in [0.25, 0.3) is 5.65 Å². The van der Waals surface area contributed by atoms with Gasteiger partial charge >= 0.3 is 5.97 Å². The van der Waals surface area contributed by atoms with Gasteiger partial charge in [-0.3, -0.25) is 0 Å². The number of rotatable bonds is 2. The van der Waals surface area contributed by atoms with Crippen LogP contribution in [-0.2, 0) is 11.3 Å². The Kier molecular flexibility index (Phi) is 2.34. The SMILES string of the molecule is COC(=O)c1cccn2nc(CO)nc12. The van der Waals surface area contributed by atoms with Crippen molar-refractivity contribution in [1.82, 2.24) is 14.6 Å². The zero-order valence-corrected chi connectivity index (χ0v) is 8.04. The number of aliphatic hydroxyl groups is 1. The van der Waals surface area contributed by atoms with E-state index >= 15 is 0 Å². The molecule has 0 unspecified atom stereocenters. The molecule has 0 saturated carbocycles. The average Bonchev–Trinajstić information content (AvgIpc) is 2.70. The summed E-state index contributed by atoms with van der Waals surface area (Å²) in [4.78, 5) is 15.4. The average molecular weight is 207 g/mol. The number of nitrogens with zero attached hydrogens (tertiary/aromatic N) is 3. The molecule has 2 rings (SSSR count). The van der Waals surface area contributed by atoms with Gasteiger partial charge in [-0.05, 0) is 12.1 Å². The maximum Gasteiger partial charge on any atom is 0.341 e. The lowest BCUT2D eigenvalue weighted by Crippen LogP contribution is -2.04. The van der Waals surface area contributed by atoms with Gasteiger partial charge in [0.2, 0.25) is 0 Å². The van der Waals surface area contributed by atoms with E-state index in [1.807, 2.05) is 0 Å². The standard InChI is InChI=1S/C9H9N3O3/c1-15-9(14)6-3-2-4-12-8(6)10-7(5-13)11-12/h2-4,13H,5H2,1H3. The van der Waals surface area contributed by atoms with E-state index in [1.165, 1.54) is 11.6 Å². The smallest absolute Gasteiger partial charge is 0.341 e. The van der Waals surface area contributed by atoms with E-state index in [4.69, 9.17) is 5.11 Å². The quantitative estimate of drug-likeness (QED) is 0.702. The summed E-state index contributed by atoms with van der Waals surface area (Å²) in [6, 6.07) is 3.26. The van der Waals surface area contributed by atoms with Crippen molar-refractivity contribution >= 4 is 11.6 Å². The minimum Gasteiger partial charge on any atom is -0.465 e. The Morgan fingerprint density at radius 1 is 1.67 bits per heavy atom. The van der Waals surface area contributed by atoms with Crippen molar-refractivity contribution in [3.63, 3.8) is 0 Å². The molecule has 0 saturated heterocycles. The van der Waals surface area contributed by atoms with Gasteiger partial charge in [0.25, 0.3) is 0 Å². The molecule has 0 fully saturated rings. The zero-order chi connectivity index (χ0) is 10.8. The van der Waals surface area contributed by atoms with Crippen molar-refractivity contribution in [3.05, 3.63) is 29.7 Å². The van der Waals surface area contributed by atoms with Gasteiger partial charge in [0.05, 0.1) is 7.11 Å². The molecule has 0 bridgehead atoms. The number of hydrogen-bond donors (Lipinski definition) is 1. The van der Waals surface area contributed by atoms with E-state index in [-0.39, 0.29) is 12.4 Å². The van der Waals surface area contributed by atoms with Gasteiger partial charge in [-0.1, -0.05) is 0 Å². The number of esters is 1. The Morgan fingerprint density at radius 2 is 2.47 bits per heavy atom. The highest BCUT2D eigenvalue weighted by molar-refractivity contribution is 5.95. The van der Waals surface area contributed by atoms with Gasteiger partial charge in [-0.25, -0.2) is 14.3 Å². The highest BCUT2D eigenvalue weighted by Gasteiger charge is 2.13. The Balaban J connectivity index is 2.64. The Morgan fingerprint density at radius 3 is 3.13 bits per heavy atom. The molecule has 0 aliphatic rings. The first-order valence-electron chi connectivity index (χ1n) is 4.29. The minimum absolute atomic E-state index is 0.262. The van der Waals surface area contributed by atoms with Crippen LogP contribution in [0.5, 0.6) is 0 Å². The van der Waals surface area contributed by atoms with Gasteiger partial charge in [-0.2, -0.15) is 0 Å². The third kappa shape index (κ3) is 1.55. The van der Waals surface area contributed by atoms with Crippen LogP contribution in [0.4, 0.5) is 0 Å². The van der Waals surface area contributed by atoms with Crippen LogP contribution >= 0.6 is 0 Å². The number of aromatic nitrogens is 3. The summed E-state index contributed by atoms with van der Waals surface area (Å²) >= 11 is 0. The predicted octanol–water partition coefficient (Wildman–Crippen LogP) is 0.00820. The van der Waals surface area contributed by atoms with Crippen LogP contribution in [0.15, 0.2) is 18.3 Å². The molecular weight excluding hydrogens is 198 g/mol. The lowest BCUT2D eigenvalue weighted by Gasteiger charge is -1.99. The van der Waals surface area contributed by atoms with Crippen molar-refractivity contribution in [2.24, 2.45) is 0 Å². The monoisotopic (exact) mass is 207 g/mol. The van der Waals surface area contributed by atoms with Crippen LogP contribution in [-0.4, -0.2) is 32.8 Å². The third-order valence-electron chi connectivity index (χ3n) is 1.95. The first-order valence-corrected chi connectivity index (χ1v) is 4.29. The number of carbonyl (C=O) groups is 1. The van der Waals surface area contributed by atoms with Gasteiger partial charge in [0.1, 0.15) is 12.2 Å². The molecule has 0 aliphatic heterocycles. The number of methoxy groups -OCH3 is 1. The van der Waals surface area contributed by atoms with Gasteiger partial charge in [-0.15, -0.1) is 5.10 Å². The molecule has 6 heteroatoms. The van der Waals surface area contributed by atoms with Gasteiger partial charge < -0.3 is 9.84 Å². The first-order chi connectivity index (χ1) is 7.26. The highest BCUT2D eigenvalue weighted by atomic mass is 16.5. The number of pyridine rings is 1. The predicted molar refractivity (Wildman–Crippen MR) is 50.2 cm³/mol. The highest BCUT2D eigenvalue weighted by Crippen LogP contribution is 2.09. The van der Waals surface area contributed by atoms with Crippen LogP contribution in [0.3, 0.4) is 0 Å². The van der Waals surface area contributed by atoms with Crippen molar-refractivity contribution in [2.45, 2.75) is 6.61 Å². The normalized spacial score (nSPS) is 10.5. The molecule has 6 nitrogen and oxygen atoms in total. The maximum atomic E-state index is 11.4. The Hall–Kier alpha value is -1.95. The van der Waals surface area contributed by atoms with Crippen LogP contribution in [0.2, 0.25) is 0 Å². The topological polar surface area (TPSA) is 76.7 Å². The summed E-state index contributed by atoms with van der Waals surface area (Å²) in [6.45, 7) is -0.262. The molecule has 0 aromatic carbocycles. The van der Waals surface area contributed by atoms with Crippen molar-refractivity contribution in [1.29, 1.82) is 0 Å². The van der Waals surface area contributed by atoms with E-state index in [0.29, 0.717) is 11.2 Å². The molecular formula is C9H9N3O3. The van der Waals surface area contributed by atoms with E-state index < -0.39 is 5.97 Å². The van der Waals surface area contributed by atoms with E-state index in [9.17, 15) is 4.79 Å². The van der Waals surface area contributed by atoms with Crippen molar-refractivity contribution in [3.8, 4) is 0 Å². The largest absolute Gasteiger partial charge is 0.465 e. The van der Waals surface area contributed by atoms with Crippen LogP contribution in [0.1, 0.15) is 16.2 Å². The molecule has 2 aromatic rings. The summed E-state index contributed by atoms with van der Waals surface area (Å²) in [5.74, 6) is -0.205. The fraction of sp³-hybridized carbons (Fsp3) is 0.222. The molecule has 2 aromatic heterocycles. The lowest BCUT2D eigenvalue weighted by atomic mass is 10.3. The molecule has 1 N–H and O–H groups in total. The minimum atomic E-state index is -0.475. The Labute approximate surface area is 85.1 Å². The number of carbonyl (C=O) groups excluding carboxylic acids is 1. The fourth-order valence-corrected chi connectivity index (χ4v) is 1.29. The second kappa shape index (κ2) is 3.66. The number of ether oxygens (including phenoxy) is 1. The lowest BCUT2D eigenvalue weighted by molar-refractivity contribution is 0.0602. The van der Waals surface area contributed by atoms with E-state index in [2.05, 4.69) is 14.8 Å². The Bertz CT molecular complexity index is 506. The van der Waals surface area contributed by atoms with Crippen molar-refractivity contribution < 1.29 is 14.6 Å². The maximum absolute atomic E-state index is 11.4. The summed E-state index contributed by atoms with van der Waals surface area (Å²) in [5.41, 5.74) is 0.709. The number of hydrogen-bond acceptors (Lipinski definition) is 5. The molecule has 78 valence electrons. The molecule has 0 amide bonds. The number of aliphatic hydroxyl groups excluding tert-OH is 1. The van der Waals surface area contributed by atoms with Crippen LogP contribution in [0, 0.1) is 0 Å². The van der Waals surface area contributed by atoms with Crippen LogP contribution < -0.4 is 0 Å². The summed E-state index contributed by atoms with van der Waals surface area (Å²) in [7, 11) is 1.30.